The Morgan fingerprint density at radius 1 is 1.38 bits per heavy atom. The minimum Gasteiger partial charge on any atom is -0.504 e. The van der Waals surface area contributed by atoms with E-state index in [1.54, 1.807) is 24.3 Å². The predicted molar refractivity (Wildman–Crippen MR) is 46.4 cm³/mol. The normalized spacial score (nSPS) is 10.5. The van der Waals surface area contributed by atoms with Crippen LogP contribution < -0.4 is 5.73 Å². The van der Waals surface area contributed by atoms with Crippen LogP contribution in [0.1, 0.15) is 10.6 Å². The monoisotopic (exact) mass is 177 g/mol. The minimum atomic E-state index is -0.770. The second-order valence-corrected chi connectivity index (χ2v) is 2.64. The average Bonchev–Trinajstić information content (AvgIpc) is 2.45. The summed E-state index contributed by atoms with van der Waals surface area (Å²) in [4.78, 5) is 10.8. The smallest absolute Gasteiger partial charge is 0.288 e. The molecule has 0 spiro atoms. The highest BCUT2D eigenvalue weighted by Gasteiger charge is 2.16. The van der Waals surface area contributed by atoms with Gasteiger partial charge in [0.2, 0.25) is 5.76 Å². The van der Waals surface area contributed by atoms with E-state index in [1.807, 2.05) is 0 Å². The number of aromatic hydroxyl groups is 1. The second kappa shape index (κ2) is 2.52. The maximum atomic E-state index is 10.8. The molecule has 0 aliphatic rings. The van der Waals surface area contributed by atoms with Gasteiger partial charge in [0.05, 0.1) is 5.39 Å². The Labute approximate surface area is 73.6 Å². The first-order valence-corrected chi connectivity index (χ1v) is 3.70. The summed E-state index contributed by atoms with van der Waals surface area (Å²) < 4.78 is 5.04. The van der Waals surface area contributed by atoms with E-state index in [0.717, 1.165) is 0 Å². The highest BCUT2D eigenvalue weighted by molar-refractivity contribution is 6.00. The fourth-order valence-corrected chi connectivity index (χ4v) is 1.20. The number of rotatable bonds is 1. The Morgan fingerprint density at radius 2 is 2.08 bits per heavy atom. The van der Waals surface area contributed by atoms with Crippen molar-refractivity contribution in [3.05, 3.63) is 30.0 Å². The lowest BCUT2D eigenvalue weighted by molar-refractivity contribution is 0.0972. The van der Waals surface area contributed by atoms with E-state index in [-0.39, 0.29) is 11.5 Å². The predicted octanol–water partition coefficient (Wildman–Crippen LogP) is 1.24. The molecule has 0 aliphatic heterocycles. The number of primary amides is 1. The lowest BCUT2D eigenvalue weighted by Crippen LogP contribution is -2.09. The number of furan rings is 1. The molecule has 4 nitrogen and oxygen atoms in total. The quantitative estimate of drug-likeness (QED) is 0.687. The number of fused-ring (bicyclic) bond motifs is 1. The summed E-state index contributed by atoms with van der Waals surface area (Å²) in [6.45, 7) is 0. The van der Waals surface area contributed by atoms with Crippen molar-refractivity contribution in [2.45, 2.75) is 0 Å². The van der Waals surface area contributed by atoms with Crippen molar-refractivity contribution in [3.63, 3.8) is 0 Å². The van der Waals surface area contributed by atoms with Gasteiger partial charge >= 0.3 is 0 Å². The van der Waals surface area contributed by atoms with Crippen molar-refractivity contribution < 1.29 is 14.3 Å². The first-order valence-electron chi connectivity index (χ1n) is 3.70. The molecule has 66 valence electrons. The van der Waals surface area contributed by atoms with Crippen LogP contribution in [0.15, 0.2) is 28.7 Å². The van der Waals surface area contributed by atoms with Gasteiger partial charge in [0.15, 0.2) is 5.75 Å². The van der Waals surface area contributed by atoms with Gasteiger partial charge in [0.1, 0.15) is 5.58 Å². The maximum absolute atomic E-state index is 10.8. The van der Waals surface area contributed by atoms with Crippen molar-refractivity contribution in [1.29, 1.82) is 0 Å². The Morgan fingerprint density at radius 3 is 2.69 bits per heavy atom. The Hall–Kier alpha value is -1.97. The third-order valence-corrected chi connectivity index (χ3v) is 1.79. The highest BCUT2D eigenvalue weighted by Crippen LogP contribution is 2.30. The van der Waals surface area contributed by atoms with E-state index < -0.39 is 5.91 Å². The number of carbonyl (C=O) groups is 1. The molecule has 1 amide bonds. The largest absolute Gasteiger partial charge is 0.504 e. The number of carbonyl (C=O) groups excluding carboxylic acids is 1. The van der Waals surface area contributed by atoms with Crippen LogP contribution in [0, 0.1) is 0 Å². The molecule has 0 unspecified atom stereocenters. The number of hydrogen-bond donors (Lipinski definition) is 2. The van der Waals surface area contributed by atoms with E-state index >= 15 is 0 Å². The van der Waals surface area contributed by atoms with Crippen molar-refractivity contribution in [3.8, 4) is 5.75 Å². The van der Waals surface area contributed by atoms with Crippen LogP contribution in [0.3, 0.4) is 0 Å². The van der Waals surface area contributed by atoms with Crippen LogP contribution in [0.4, 0.5) is 0 Å². The van der Waals surface area contributed by atoms with Crippen LogP contribution in [-0.4, -0.2) is 11.0 Å². The van der Waals surface area contributed by atoms with Gasteiger partial charge in [-0.2, -0.15) is 0 Å². The molecule has 1 aromatic carbocycles. The van der Waals surface area contributed by atoms with Gasteiger partial charge in [-0.1, -0.05) is 12.1 Å². The van der Waals surface area contributed by atoms with Crippen LogP contribution in [0.2, 0.25) is 0 Å². The third kappa shape index (κ3) is 1.03. The van der Waals surface area contributed by atoms with Crippen LogP contribution in [0.5, 0.6) is 5.75 Å². The summed E-state index contributed by atoms with van der Waals surface area (Å²) in [5.41, 5.74) is 5.44. The van der Waals surface area contributed by atoms with Gasteiger partial charge in [0.25, 0.3) is 5.91 Å². The van der Waals surface area contributed by atoms with Gasteiger partial charge in [-0.3, -0.25) is 4.79 Å². The molecule has 0 saturated heterocycles. The molecule has 1 heterocycles. The van der Waals surface area contributed by atoms with E-state index in [2.05, 4.69) is 0 Å². The summed E-state index contributed by atoms with van der Waals surface area (Å²) >= 11 is 0. The molecule has 4 heteroatoms. The molecule has 0 radical (unpaired) electrons. The van der Waals surface area contributed by atoms with Crippen LogP contribution in [0.25, 0.3) is 11.0 Å². The Balaban J connectivity index is 2.81. The molecular formula is C9H7NO3. The number of amides is 1. The fourth-order valence-electron chi connectivity index (χ4n) is 1.20. The lowest BCUT2D eigenvalue weighted by atomic mass is 10.2. The number of benzene rings is 1. The van der Waals surface area contributed by atoms with E-state index in [1.165, 1.54) is 0 Å². The molecule has 2 rings (SSSR count). The molecule has 0 aliphatic carbocycles. The molecule has 0 bridgehead atoms. The van der Waals surface area contributed by atoms with Crippen molar-refractivity contribution >= 4 is 16.9 Å². The summed E-state index contributed by atoms with van der Waals surface area (Å²) in [7, 11) is 0. The maximum Gasteiger partial charge on any atom is 0.288 e. The SMILES string of the molecule is NC(=O)c1oc2ccccc2c1O. The number of nitrogens with two attached hydrogens (primary N) is 1. The summed E-state index contributed by atoms with van der Waals surface area (Å²) in [5.74, 6) is -1.15. The van der Waals surface area contributed by atoms with Crippen LogP contribution in [-0.2, 0) is 0 Å². The zero-order valence-corrected chi connectivity index (χ0v) is 6.65. The molecule has 0 saturated carbocycles. The number of hydrogen-bond acceptors (Lipinski definition) is 3. The van der Waals surface area contributed by atoms with E-state index in [9.17, 15) is 9.90 Å². The first kappa shape index (κ1) is 7.67. The molecule has 0 atom stereocenters. The zero-order valence-electron chi connectivity index (χ0n) is 6.65. The van der Waals surface area contributed by atoms with Crippen molar-refractivity contribution in [1.82, 2.24) is 0 Å². The topological polar surface area (TPSA) is 76.5 Å². The summed E-state index contributed by atoms with van der Waals surface area (Å²) in [5, 5.41) is 9.96. The molecule has 13 heavy (non-hydrogen) atoms. The third-order valence-electron chi connectivity index (χ3n) is 1.79. The van der Waals surface area contributed by atoms with Gasteiger partial charge in [0, 0.05) is 0 Å². The molecule has 0 fully saturated rings. The zero-order chi connectivity index (χ0) is 9.42. The summed E-state index contributed by atoms with van der Waals surface area (Å²) in [6.07, 6.45) is 0. The van der Waals surface area contributed by atoms with Gasteiger partial charge in [-0.25, -0.2) is 0 Å². The molecule has 2 aromatic rings. The van der Waals surface area contributed by atoms with E-state index in [0.29, 0.717) is 11.0 Å². The standard InChI is InChI=1S/C9H7NO3/c10-9(12)8-7(11)5-3-1-2-4-6(5)13-8/h1-4,11H,(H2,10,12). The summed E-state index contributed by atoms with van der Waals surface area (Å²) in [6, 6.07) is 6.79. The van der Waals surface area contributed by atoms with Gasteiger partial charge in [-0.05, 0) is 12.1 Å². The molecular weight excluding hydrogens is 170 g/mol. The molecule has 3 N–H and O–H groups in total. The van der Waals surface area contributed by atoms with Crippen LogP contribution >= 0.6 is 0 Å². The Bertz CT molecular complexity index is 473. The van der Waals surface area contributed by atoms with Gasteiger partial charge < -0.3 is 15.3 Å². The van der Waals surface area contributed by atoms with Crippen molar-refractivity contribution in [2.24, 2.45) is 5.73 Å². The average molecular weight is 177 g/mol. The Kier molecular flexibility index (Phi) is 1.48. The minimum absolute atomic E-state index is 0.192. The lowest BCUT2D eigenvalue weighted by Gasteiger charge is -1.87. The fraction of sp³-hybridized carbons (Fsp3) is 0. The molecule has 1 aromatic heterocycles. The van der Waals surface area contributed by atoms with Crippen molar-refractivity contribution in [2.75, 3.05) is 0 Å². The second-order valence-electron chi connectivity index (χ2n) is 2.64. The first-order chi connectivity index (χ1) is 6.20. The van der Waals surface area contributed by atoms with E-state index in [4.69, 9.17) is 10.2 Å². The highest BCUT2D eigenvalue weighted by atomic mass is 16.4. The number of para-hydroxylation sites is 1. The van der Waals surface area contributed by atoms with Gasteiger partial charge in [-0.15, -0.1) is 0 Å².